The molecule has 1 N–H and O–H groups in total. The van der Waals surface area contributed by atoms with Crippen molar-refractivity contribution in [3.05, 3.63) is 28.2 Å². The molecule has 1 aromatic rings. The lowest BCUT2D eigenvalue weighted by Crippen LogP contribution is -2.21. The largest absolute Gasteiger partial charge is 0.323 e. The summed E-state index contributed by atoms with van der Waals surface area (Å²) in [7, 11) is 0. The van der Waals surface area contributed by atoms with Gasteiger partial charge in [-0.1, -0.05) is 0 Å². The van der Waals surface area contributed by atoms with Gasteiger partial charge in [0.25, 0.3) is 0 Å². The van der Waals surface area contributed by atoms with Gasteiger partial charge in [0.05, 0.1) is 15.4 Å². The zero-order chi connectivity index (χ0) is 11.6. The summed E-state index contributed by atoms with van der Waals surface area (Å²) in [6, 6.07) is 1.86. The Labute approximate surface area is 99.6 Å². The monoisotopic (exact) mass is 295 g/mol. The number of nitrogens with one attached hydrogen (secondary N) is 1. The van der Waals surface area contributed by atoms with Crippen LogP contribution in [0.3, 0.4) is 0 Å². The summed E-state index contributed by atoms with van der Waals surface area (Å²) in [6.45, 7) is 1.55. The van der Waals surface area contributed by atoms with Crippen LogP contribution in [0, 0.1) is 11.6 Å². The number of thiol groups is 1. The molecule has 0 saturated carbocycles. The maximum Gasteiger partial charge on any atom is 0.237 e. The molecule has 0 aliphatic heterocycles. The highest BCUT2D eigenvalue weighted by atomic mass is 79.9. The first-order valence-electron chi connectivity index (χ1n) is 4.05. The van der Waals surface area contributed by atoms with Crippen molar-refractivity contribution in [2.24, 2.45) is 0 Å². The van der Waals surface area contributed by atoms with Gasteiger partial charge < -0.3 is 5.32 Å². The molecule has 1 rings (SSSR count). The summed E-state index contributed by atoms with van der Waals surface area (Å²) in [4.78, 5) is 11.2. The zero-order valence-corrected chi connectivity index (χ0v) is 10.2. The normalized spacial score (nSPS) is 12.3. The van der Waals surface area contributed by atoms with E-state index < -0.39 is 22.8 Å². The van der Waals surface area contributed by atoms with Gasteiger partial charge in [0, 0.05) is 6.07 Å². The van der Waals surface area contributed by atoms with Gasteiger partial charge in [-0.15, -0.1) is 0 Å². The van der Waals surface area contributed by atoms with Crippen LogP contribution < -0.4 is 5.32 Å². The molecular formula is C9H8BrF2NOS. The third kappa shape index (κ3) is 3.17. The Kier molecular flexibility index (Phi) is 4.10. The van der Waals surface area contributed by atoms with Crippen molar-refractivity contribution in [2.45, 2.75) is 12.2 Å². The standard InChI is InChI=1S/C9H8BrF2NOS/c1-4(15)9(14)13-8-2-5(10)6(11)3-7(8)12/h2-4,15H,1H3,(H,13,14). The molecule has 2 nitrogen and oxygen atoms in total. The van der Waals surface area contributed by atoms with Crippen molar-refractivity contribution in [1.82, 2.24) is 0 Å². The number of hydrogen-bond acceptors (Lipinski definition) is 2. The van der Waals surface area contributed by atoms with Crippen molar-refractivity contribution in [2.75, 3.05) is 5.32 Å². The summed E-state index contributed by atoms with van der Waals surface area (Å²) < 4.78 is 26.1. The van der Waals surface area contributed by atoms with Gasteiger partial charge in [-0.25, -0.2) is 8.78 Å². The molecule has 0 fully saturated rings. The van der Waals surface area contributed by atoms with Crippen LogP contribution in [0.25, 0.3) is 0 Å². The Morgan fingerprint density at radius 1 is 1.47 bits per heavy atom. The number of carbonyl (C=O) groups excluding carboxylic acids is 1. The van der Waals surface area contributed by atoms with Crippen molar-refractivity contribution >= 4 is 40.2 Å². The topological polar surface area (TPSA) is 29.1 Å². The Hall–Kier alpha value is -0.620. The third-order valence-corrected chi connectivity index (χ3v) is 2.49. The lowest BCUT2D eigenvalue weighted by Gasteiger charge is -2.08. The minimum atomic E-state index is -0.821. The average Bonchev–Trinajstić information content (AvgIpc) is 2.13. The van der Waals surface area contributed by atoms with Gasteiger partial charge in [-0.05, 0) is 28.9 Å². The first-order chi connectivity index (χ1) is 6.91. The summed E-state index contributed by atoms with van der Waals surface area (Å²) in [5.41, 5.74) is -0.0748. The van der Waals surface area contributed by atoms with Crippen LogP contribution in [-0.4, -0.2) is 11.2 Å². The summed E-state index contributed by atoms with van der Waals surface area (Å²) in [6.07, 6.45) is 0. The first-order valence-corrected chi connectivity index (χ1v) is 5.36. The lowest BCUT2D eigenvalue weighted by atomic mass is 10.3. The fourth-order valence-corrected chi connectivity index (χ4v) is 1.26. The van der Waals surface area contributed by atoms with Crippen LogP contribution in [0.1, 0.15) is 6.92 Å². The van der Waals surface area contributed by atoms with Gasteiger partial charge in [-0.3, -0.25) is 4.79 Å². The highest BCUT2D eigenvalue weighted by Gasteiger charge is 2.13. The van der Waals surface area contributed by atoms with Gasteiger partial charge in [0.15, 0.2) is 0 Å². The molecule has 0 aliphatic carbocycles. The zero-order valence-electron chi connectivity index (χ0n) is 7.72. The van der Waals surface area contributed by atoms with E-state index in [0.717, 1.165) is 0 Å². The fourth-order valence-electron chi connectivity index (χ4n) is 0.856. The van der Waals surface area contributed by atoms with Crippen LogP contribution in [-0.2, 0) is 4.79 Å². The fraction of sp³-hybridized carbons (Fsp3) is 0.222. The van der Waals surface area contributed by atoms with E-state index in [2.05, 4.69) is 33.9 Å². The van der Waals surface area contributed by atoms with Gasteiger partial charge in [0.1, 0.15) is 11.6 Å². The molecule has 82 valence electrons. The number of carbonyl (C=O) groups is 1. The van der Waals surface area contributed by atoms with E-state index >= 15 is 0 Å². The molecule has 0 bridgehead atoms. The molecule has 1 amide bonds. The lowest BCUT2D eigenvalue weighted by molar-refractivity contribution is -0.115. The van der Waals surface area contributed by atoms with E-state index in [0.29, 0.717) is 6.07 Å². The number of amides is 1. The van der Waals surface area contributed by atoms with Crippen molar-refractivity contribution < 1.29 is 13.6 Å². The second kappa shape index (κ2) is 4.94. The number of rotatable bonds is 2. The van der Waals surface area contributed by atoms with Crippen LogP contribution in [0.5, 0.6) is 0 Å². The Morgan fingerprint density at radius 2 is 2.07 bits per heavy atom. The Balaban J connectivity index is 2.96. The number of halogens is 3. The predicted molar refractivity (Wildman–Crippen MR) is 61.1 cm³/mol. The van der Waals surface area contributed by atoms with Gasteiger partial charge >= 0.3 is 0 Å². The van der Waals surface area contributed by atoms with Gasteiger partial charge in [-0.2, -0.15) is 12.6 Å². The highest BCUT2D eigenvalue weighted by molar-refractivity contribution is 9.10. The molecule has 6 heteroatoms. The van der Waals surface area contributed by atoms with E-state index in [-0.39, 0.29) is 10.2 Å². The maximum absolute atomic E-state index is 13.2. The van der Waals surface area contributed by atoms with Gasteiger partial charge in [0.2, 0.25) is 5.91 Å². The van der Waals surface area contributed by atoms with Crippen LogP contribution in [0.15, 0.2) is 16.6 Å². The van der Waals surface area contributed by atoms with Crippen molar-refractivity contribution in [1.29, 1.82) is 0 Å². The van der Waals surface area contributed by atoms with Crippen LogP contribution in [0.4, 0.5) is 14.5 Å². The molecule has 0 spiro atoms. The van der Waals surface area contributed by atoms with E-state index in [4.69, 9.17) is 0 Å². The molecule has 0 saturated heterocycles. The average molecular weight is 296 g/mol. The smallest absolute Gasteiger partial charge is 0.237 e. The summed E-state index contributed by atoms with van der Waals surface area (Å²) >= 11 is 6.78. The molecule has 0 heterocycles. The van der Waals surface area contributed by atoms with Crippen molar-refractivity contribution in [3.8, 4) is 0 Å². The molecular weight excluding hydrogens is 288 g/mol. The molecule has 0 radical (unpaired) electrons. The predicted octanol–water partition coefficient (Wildman–Crippen LogP) is 2.98. The van der Waals surface area contributed by atoms with E-state index in [1.165, 1.54) is 6.07 Å². The number of hydrogen-bond donors (Lipinski definition) is 2. The molecule has 0 aromatic heterocycles. The van der Waals surface area contributed by atoms with E-state index in [9.17, 15) is 13.6 Å². The third-order valence-electron chi connectivity index (χ3n) is 1.65. The minimum Gasteiger partial charge on any atom is -0.323 e. The van der Waals surface area contributed by atoms with Crippen LogP contribution >= 0.6 is 28.6 Å². The van der Waals surface area contributed by atoms with E-state index in [1.54, 1.807) is 6.92 Å². The molecule has 0 aliphatic rings. The maximum atomic E-state index is 13.2. The molecule has 1 aromatic carbocycles. The SMILES string of the molecule is CC(S)C(=O)Nc1cc(Br)c(F)cc1F. The Morgan fingerprint density at radius 3 is 2.60 bits per heavy atom. The van der Waals surface area contributed by atoms with Crippen LogP contribution in [0.2, 0.25) is 0 Å². The second-order valence-electron chi connectivity index (χ2n) is 2.91. The van der Waals surface area contributed by atoms with Crippen molar-refractivity contribution in [3.63, 3.8) is 0 Å². The highest BCUT2D eigenvalue weighted by Crippen LogP contribution is 2.23. The summed E-state index contributed by atoms with van der Waals surface area (Å²) in [5.74, 6) is -1.99. The number of benzene rings is 1. The second-order valence-corrected chi connectivity index (χ2v) is 4.54. The Bertz CT molecular complexity index is 398. The van der Waals surface area contributed by atoms with E-state index in [1.807, 2.05) is 0 Å². The number of anilines is 1. The molecule has 1 atom stereocenters. The quantitative estimate of drug-likeness (QED) is 0.637. The molecule has 1 unspecified atom stereocenters. The minimum absolute atomic E-state index is 0.0748. The summed E-state index contributed by atoms with van der Waals surface area (Å²) in [5, 5.41) is 1.73. The molecule has 15 heavy (non-hydrogen) atoms. The first kappa shape index (κ1) is 12.4.